The molecule has 1 aliphatic heterocycles. The summed E-state index contributed by atoms with van der Waals surface area (Å²) in [5.74, 6) is 0. The van der Waals surface area contributed by atoms with Crippen LogP contribution in [0, 0.1) is 3.57 Å². The van der Waals surface area contributed by atoms with E-state index < -0.39 is 0 Å². The summed E-state index contributed by atoms with van der Waals surface area (Å²) in [4.78, 5) is 4.99. The van der Waals surface area contributed by atoms with Crippen LogP contribution >= 0.6 is 22.6 Å². The summed E-state index contributed by atoms with van der Waals surface area (Å²) in [5.41, 5.74) is 7.96. The van der Waals surface area contributed by atoms with Crippen molar-refractivity contribution in [3.8, 4) is 0 Å². The van der Waals surface area contributed by atoms with Gasteiger partial charge >= 0.3 is 0 Å². The maximum atomic E-state index is 5.79. The van der Waals surface area contributed by atoms with E-state index in [9.17, 15) is 0 Å². The SMILES string of the molecule is CC(C)N1CCN(c2ccc(N)cc2I)CC1. The third-order valence-electron chi connectivity index (χ3n) is 3.36. The number of hydrogen-bond donors (Lipinski definition) is 1. The van der Waals surface area contributed by atoms with Crippen LogP contribution < -0.4 is 10.6 Å². The Morgan fingerprint density at radius 2 is 1.82 bits per heavy atom. The average molecular weight is 345 g/mol. The van der Waals surface area contributed by atoms with Crippen molar-refractivity contribution < 1.29 is 0 Å². The molecule has 2 N–H and O–H groups in total. The lowest BCUT2D eigenvalue weighted by Crippen LogP contribution is -2.49. The van der Waals surface area contributed by atoms with E-state index in [0.717, 1.165) is 31.9 Å². The van der Waals surface area contributed by atoms with E-state index in [1.165, 1.54) is 9.26 Å². The van der Waals surface area contributed by atoms with E-state index >= 15 is 0 Å². The minimum absolute atomic E-state index is 0.655. The molecule has 2 rings (SSSR count). The van der Waals surface area contributed by atoms with Crippen molar-refractivity contribution in [1.82, 2.24) is 4.90 Å². The number of piperazine rings is 1. The van der Waals surface area contributed by atoms with Crippen LogP contribution in [-0.4, -0.2) is 37.1 Å². The highest BCUT2D eigenvalue weighted by Crippen LogP contribution is 2.25. The number of rotatable bonds is 2. The molecule has 1 fully saturated rings. The molecule has 1 aliphatic rings. The fraction of sp³-hybridized carbons (Fsp3) is 0.538. The third-order valence-corrected chi connectivity index (χ3v) is 4.22. The Morgan fingerprint density at radius 1 is 1.18 bits per heavy atom. The molecule has 1 saturated heterocycles. The second-order valence-electron chi connectivity index (χ2n) is 4.83. The fourth-order valence-electron chi connectivity index (χ4n) is 2.26. The highest BCUT2D eigenvalue weighted by atomic mass is 127. The van der Waals surface area contributed by atoms with Gasteiger partial charge in [-0.25, -0.2) is 0 Å². The standard InChI is InChI=1S/C13H20IN3/c1-10(2)16-5-7-17(8-6-16)13-4-3-11(15)9-12(13)14/h3-4,9-10H,5-8,15H2,1-2H3. The molecular formula is C13H20IN3. The summed E-state index contributed by atoms with van der Waals surface area (Å²) in [6.45, 7) is 9.05. The van der Waals surface area contributed by atoms with Crippen molar-refractivity contribution >= 4 is 34.0 Å². The zero-order chi connectivity index (χ0) is 12.4. The predicted octanol–water partition coefficient (Wildman–Crippen LogP) is 2.40. The summed E-state index contributed by atoms with van der Waals surface area (Å²) in [5, 5.41) is 0. The molecule has 1 aromatic rings. The maximum Gasteiger partial charge on any atom is 0.0504 e. The molecule has 0 saturated carbocycles. The number of nitrogens with zero attached hydrogens (tertiary/aromatic N) is 2. The first-order valence-electron chi connectivity index (χ1n) is 6.12. The van der Waals surface area contributed by atoms with Crippen LogP contribution in [0.1, 0.15) is 13.8 Å². The number of nitrogen functional groups attached to an aromatic ring is 1. The molecule has 1 aromatic carbocycles. The van der Waals surface area contributed by atoms with Crippen LogP contribution in [0.3, 0.4) is 0 Å². The Morgan fingerprint density at radius 3 is 2.35 bits per heavy atom. The van der Waals surface area contributed by atoms with Crippen LogP contribution in [0.15, 0.2) is 18.2 Å². The van der Waals surface area contributed by atoms with E-state index in [-0.39, 0.29) is 0 Å². The molecule has 0 amide bonds. The first-order valence-corrected chi connectivity index (χ1v) is 7.20. The van der Waals surface area contributed by atoms with Crippen LogP contribution in [0.2, 0.25) is 0 Å². The first kappa shape index (κ1) is 13.0. The number of anilines is 2. The summed E-state index contributed by atoms with van der Waals surface area (Å²) in [6, 6.07) is 6.83. The zero-order valence-corrected chi connectivity index (χ0v) is 12.6. The van der Waals surface area contributed by atoms with E-state index in [4.69, 9.17) is 5.73 Å². The molecule has 0 unspecified atom stereocenters. The third kappa shape index (κ3) is 3.04. The fourth-order valence-corrected chi connectivity index (χ4v) is 3.14. The topological polar surface area (TPSA) is 32.5 Å². The van der Waals surface area contributed by atoms with Gasteiger partial charge in [-0.3, -0.25) is 4.90 Å². The van der Waals surface area contributed by atoms with Gasteiger partial charge in [0.25, 0.3) is 0 Å². The van der Waals surface area contributed by atoms with Crippen LogP contribution in [0.4, 0.5) is 11.4 Å². The van der Waals surface area contributed by atoms with Gasteiger partial charge in [0.1, 0.15) is 0 Å². The largest absolute Gasteiger partial charge is 0.399 e. The minimum Gasteiger partial charge on any atom is -0.399 e. The van der Waals surface area contributed by atoms with Gasteiger partial charge in [-0.15, -0.1) is 0 Å². The smallest absolute Gasteiger partial charge is 0.0504 e. The van der Waals surface area contributed by atoms with E-state index in [1.54, 1.807) is 0 Å². The van der Waals surface area contributed by atoms with Gasteiger partial charge in [-0.2, -0.15) is 0 Å². The average Bonchev–Trinajstić information content (AvgIpc) is 2.29. The highest BCUT2D eigenvalue weighted by molar-refractivity contribution is 14.1. The molecule has 1 heterocycles. The van der Waals surface area contributed by atoms with E-state index in [0.29, 0.717) is 6.04 Å². The van der Waals surface area contributed by atoms with Crippen molar-refractivity contribution in [1.29, 1.82) is 0 Å². The van der Waals surface area contributed by atoms with Gasteiger partial charge in [0, 0.05) is 41.5 Å². The summed E-state index contributed by atoms with van der Waals surface area (Å²) in [7, 11) is 0. The van der Waals surface area contributed by atoms with Gasteiger partial charge in [0.15, 0.2) is 0 Å². The number of benzene rings is 1. The highest BCUT2D eigenvalue weighted by Gasteiger charge is 2.20. The van der Waals surface area contributed by atoms with Crippen molar-refractivity contribution in [3.05, 3.63) is 21.8 Å². The van der Waals surface area contributed by atoms with Gasteiger partial charge in [-0.1, -0.05) is 0 Å². The molecule has 3 nitrogen and oxygen atoms in total. The quantitative estimate of drug-likeness (QED) is 0.660. The number of nitrogens with two attached hydrogens (primary N) is 1. The molecule has 0 radical (unpaired) electrons. The van der Waals surface area contributed by atoms with Gasteiger partial charge in [0.05, 0.1) is 5.69 Å². The molecule has 0 aliphatic carbocycles. The monoisotopic (exact) mass is 345 g/mol. The van der Waals surface area contributed by atoms with Crippen molar-refractivity contribution in [2.24, 2.45) is 0 Å². The molecule has 0 aromatic heterocycles. The molecule has 94 valence electrons. The lowest BCUT2D eigenvalue weighted by molar-refractivity contribution is 0.209. The van der Waals surface area contributed by atoms with Gasteiger partial charge in [0.2, 0.25) is 0 Å². The molecule has 0 spiro atoms. The Bertz CT molecular complexity index is 384. The molecule has 0 atom stereocenters. The normalized spacial score (nSPS) is 17.8. The van der Waals surface area contributed by atoms with Gasteiger partial charge in [-0.05, 0) is 54.6 Å². The van der Waals surface area contributed by atoms with Gasteiger partial charge < -0.3 is 10.6 Å². The maximum absolute atomic E-state index is 5.79. The first-order chi connectivity index (χ1) is 8.08. The van der Waals surface area contributed by atoms with E-state index in [1.807, 2.05) is 12.1 Å². The molecule has 4 heteroatoms. The van der Waals surface area contributed by atoms with E-state index in [2.05, 4.69) is 52.3 Å². The number of hydrogen-bond acceptors (Lipinski definition) is 3. The molecular weight excluding hydrogens is 325 g/mol. The van der Waals surface area contributed by atoms with Crippen molar-refractivity contribution in [2.75, 3.05) is 36.8 Å². The lowest BCUT2D eigenvalue weighted by atomic mass is 10.2. The van der Waals surface area contributed by atoms with Crippen LogP contribution in [-0.2, 0) is 0 Å². The second-order valence-corrected chi connectivity index (χ2v) is 5.99. The lowest BCUT2D eigenvalue weighted by Gasteiger charge is -2.38. The molecule has 17 heavy (non-hydrogen) atoms. The summed E-state index contributed by atoms with van der Waals surface area (Å²) < 4.78 is 1.25. The predicted molar refractivity (Wildman–Crippen MR) is 82.5 cm³/mol. The van der Waals surface area contributed by atoms with Crippen LogP contribution in [0.25, 0.3) is 0 Å². The Labute approximate surface area is 117 Å². The zero-order valence-electron chi connectivity index (χ0n) is 10.5. The Hall–Kier alpha value is -0.490. The number of halogens is 1. The molecule has 0 bridgehead atoms. The summed E-state index contributed by atoms with van der Waals surface area (Å²) in [6.07, 6.45) is 0. The minimum atomic E-state index is 0.655. The van der Waals surface area contributed by atoms with Crippen molar-refractivity contribution in [2.45, 2.75) is 19.9 Å². The Balaban J connectivity index is 2.05. The Kier molecular flexibility index (Phi) is 4.14. The summed E-state index contributed by atoms with van der Waals surface area (Å²) >= 11 is 2.37. The van der Waals surface area contributed by atoms with Crippen LogP contribution in [0.5, 0.6) is 0 Å². The second kappa shape index (κ2) is 5.44. The van der Waals surface area contributed by atoms with Crippen molar-refractivity contribution in [3.63, 3.8) is 0 Å².